The van der Waals surface area contributed by atoms with Crippen LogP contribution in [0, 0.1) is 12.8 Å². The molecule has 90 heavy (non-hydrogen) atoms. The van der Waals surface area contributed by atoms with Crippen LogP contribution in [0.1, 0.15) is 82.4 Å². The molecule has 6 heterocycles. The summed E-state index contributed by atoms with van der Waals surface area (Å²) in [4.78, 5) is 128. The maximum absolute atomic E-state index is 15.1. The first-order chi connectivity index (χ1) is 42.1. The number of thiazole rings is 2. The fourth-order valence-corrected chi connectivity index (χ4v) is 10.6. The highest BCUT2D eigenvalue weighted by molar-refractivity contribution is 7.14. The highest BCUT2D eigenvalue weighted by Gasteiger charge is 2.54. The lowest BCUT2D eigenvalue weighted by Crippen LogP contribution is -2.65. The number of aromatic amines is 1. The molecule has 0 unspecified atom stereocenters. The molecule has 2 aliphatic heterocycles. The standard InChI is InChI=1S/C50H72N16O21S2.ClH/c1-16-27(63-40(66-38(16)53)22(9-25(52)69)58-10-21(51)39(54)75)43(78)65-29(35(23-11-56-15-59-23)83-49-37(31(71)32(72)46(81-5)87-49)84-48-34(74)36(85-50(55)80)33(73)47(82-6)86-48)44(79)60-18(3)30(70)17(2)41(76)64-28(19(4)68)42(77)57-8-7-26-62-24(14-88-26)45-61-20(12-67)13-89-45;/h11-15,17-19,21-22,28-37,46-49,58,68,70-74H,7-10,51H2,1-6H3,(H2,52,69)(H2,54,75)(H2,55,80)(H,56,59)(H,57,77)(H,60,79)(H,64,76)(H,65,78)(H2,53,63,66);1H/t17-,18+,19-,21-,22-,28-,29-,30-,31+,32+,33+,34+,35-,36+,37+,46-,47+,48+,49-;/m0./s1. The molecule has 0 aromatic carbocycles. The van der Waals surface area contributed by atoms with Crippen LogP contribution < -0.4 is 55.3 Å². The van der Waals surface area contributed by atoms with Crippen LogP contribution in [0.15, 0.2) is 23.3 Å². The number of hydrogen-bond donors (Lipinski definition) is 17. The molecule has 2 fully saturated rings. The van der Waals surface area contributed by atoms with E-state index in [4.69, 9.17) is 61.8 Å². The van der Waals surface area contributed by atoms with Gasteiger partial charge in [-0.25, -0.2) is 29.7 Å². The van der Waals surface area contributed by atoms with Gasteiger partial charge in [-0.2, -0.15) is 0 Å². The lowest BCUT2D eigenvalue weighted by Gasteiger charge is -2.46. The molecule has 498 valence electrons. The number of nitrogens with two attached hydrogens (primary N) is 5. The first-order valence-corrected chi connectivity index (χ1v) is 28.8. The number of nitrogen functional groups attached to an aromatic ring is 1. The lowest BCUT2D eigenvalue weighted by molar-refractivity contribution is -0.404. The third-order valence-corrected chi connectivity index (χ3v) is 15.8. The molecule has 4 aromatic rings. The average molecular weight is 1330 g/mol. The zero-order chi connectivity index (χ0) is 65.7. The van der Waals surface area contributed by atoms with Crippen molar-refractivity contribution in [3.8, 4) is 10.7 Å². The van der Waals surface area contributed by atoms with E-state index in [2.05, 4.69) is 56.5 Å². The third-order valence-electron chi connectivity index (χ3n) is 14.0. The fourth-order valence-electron chi connectivity index (χ4n) is 9.00. The number of nitrogens with one attached hydrogen (secondary N) is 6. The molecule has 19 atom stereocenters. The Kier molecular flexibility index (Phi) is 27.2. The average Bonchev–Trinajstić information content (AvgIpc) is 1.01. The summed E-state index contributed by atoms with van der Waals surface area (Å²) in [7, 11) is 2.14. The number of anilines is 1. The van der Waals surface area contributed by atoms with Crippen molar-refractivity contribution in [2.75, 3.05) is 33.0 Å². The molecule has 0 spiro atoms. The van der Waals surface area contributed by atoms with Crippen LogP contribution in [0.3, 0.4) is 0 Å². The Balaban J connectivity index is 0.0000147. The smallest absolute Gasteiger partial charge is 0.404 e. The predicted octanol–water partition coefficient (Wildman–Crippen LogP) is -6.24. The summed E-state index contributed by atoms with van der Waals surface area (Å²) in [6, 6.07) is -7.73. The summed E-state index contributed by atoms with van der Waals surface area (Å²) in [5.41, 5.74) is 28.1. The maximum Gasteiger partial charge on any atom is 0.404 e. The van der Waals surface area contributed by atoms with Crippen molar-refractivity contribution in [3.63, 3.8) is 0 Å². The van der Waals surface area contributed by atoms with E-state index in [-0.39, 0.29) is 60.5 Å². The number of halogens is 1. The minimum Gasteiger partial charge on any atom is -0.440 e. The Hall–Kier alpha value is -7.16. The second-order valence-corrected chi connectivity index (χ2v) is 22.2. The number of primary amides is 3. The first-order valence-electron chi connectivity index (χ1n) is 27.0. The monoisotopic (exact) mass is 1330 g/mol. The third kappa shape index (κ3) is 18.5. The van der Waals surface area contributed by atoms with Crippen molar-refractivity contribution < 1.29 is 102 Å². The van der Waals surface area contributed by atoms with Crippen LogP contribution in [0.25, 0.3) is 10.7 Å². The van der Waals surface area contributed by atoms with Crippen LogP contribution in [-0.4, -0.2) is 234 Å². The number of carbonyl (C=O) groups excluding carboxylic acids is 8. The minimum absolute atomic E-state index is 0. The number of aliphatic hydroxyl groups is 6. The number of methoxy groups -OCH3 is 2. The molecular formula is C50H73ClN16O21S2. The Bertz CT molecular complexity index is 3100. The van der Waals surface area contributed by atoms with Gasteiger partial charge in [-0.05, 0) is 20.8 Å². The molecule has 6 rings (SSSR count). The molecule has 2 saturated heterocycles. The van der Waals surface area contributed by atoms with Gasteiger partial charge >= 0.3 is 6.09 Å². The Morgan fingerprint density at radius 3 is 2.08 bits per heavy atom. The number of aromatic nitrogens is 6. The van der Waals surface area contributed by atoms with Gasteiger partial charge in [-0.15, -0.1) is 35.1 Å². The highest BCUT2D eigenvalue weighted by atomic mass is 35.5. The number of ether oxygens (including phenoxy) is 7. The zero-order valence-electron chi connectivity index (χ0n) is 48.8. The normalized spacial score (nSPS) is 24.6. The Morgan fingerprint density at radius 2 is 1.48 bits per heavy atom. The lowest BCUT2D eigenvalue weighted by atomic mass is 9.96. The summed E-state index contributed by atoms with van der Waals surface area (Å²) < 4.78 is 39.3. The largest absolute Gasteiger partial charge is 0.440 e. The Morgan fingerprint density at radius 1 is 0.811 bits per heavy atom. The van der Waals surface area contributed by atoms with Crippen molar-refractivity contribution in [3.05, 3.63) is 56.8 Å². The molecule has 0 bridgehead atoms. The van der Waals surface area contributed by atoms with E-state index in [9.17, 15) is 64.2 Å². The van der Waals surface area contributed by atoms with Crippen molar-refractivity contribution in [2.45, 2.75) is 151 Å². The maximum atomic E-state index is 15.1. The topological polar surface area (TPSA) is 593 Å². The van der Waals surface area contributed by atoms with Crippen molar-refractivity contribution in [1.82, 2.24) is 56.5 Å². The number of aliphatic hydroxyl groups excluding tert-OH is 6. The van der Waals surface area contributed by atoms with E-state index < -0.39 is 170 Å². The van der Waals surface area contributed by atoms with Crippen LogP contribution in [0.2, 0.25) is 0 Å². The molecule has 0 radical (unpaired) electrons. The number of nitrogens with zero attached hydrogens (tertiary/aromatic N) is 5. The first kappa shape index (κ1) is 73.6. The van der Waals surface area contributed by atoms with Gasteiger partial charge in [0.05, 0.1) is 59.5 Å². The van der Waals surface area contributed by atoms with Gasteiger partial charge in [-0.1, -0.05) is 6.92 Å². The van der Waals surface area contributed by atoms with E-state index in [1.54, 1.807) is 10.8 Å². The zero-order valence-corrected chi connectivity index (χ0v) is 51.3. The second kappa shape index (κ2) is 33.2. The molecule has 37 nitrogen and oxygen atoms in total. The van der Waals surface area contributed by atoms with Crippen LogP contribution in [-0.2, 0) is 63.6 Å². The SMILES string of the molecule is CO[C@H]1O[C@H](O[C@@H](c2cnc[nH]2)[C@H](NC(=O)c2nc([C@H](CC(N)=O)NC[C@H](N)C(N)=O)nc(N)c2C)C(=O)N[C@H](C)[C@@H](O)[C@H](C)C(=O)N[C@H](C(=O)NCCc2nc(-c3nc(C=O)cs3)cs2)[C@H](C)O)[C@H](O[C@@H]2O[C@@H](OC)[C@H](O)[C@@H](OC(N)=O)[C@H]2O)[C@H](O)[C@H]1O.Cl. The number of carbonyl (C=O) groups is 8. The minimum atomic E-state index is -2.14. The molecule has 0 aliphatic carbocycles. The van der Waals surface area contributed by atoms with Gasteiger partial charge in [-0.3, -0.25) is 33.6 Å². The number of amides is 7. The number of aldehydes is 1. The molecule has 2 aliphatic rings. The summed E-state index contributed by atoms with van der Waals surface area (Å²) in [5, 5.41) is 84.7. The highest BCUT2D eigenvalue weighted by Crippen LogP contribution is 2.35. The second-order valence-electron chi connectivity index (χ2n) is 20.4. The van der Waals surface area contributed by atoms with Gasteiger partial charge < -0.3 is 124 Å². The molecular weight excluding hydrogens is 1260 g/mol. The Labute approximate surface area is 525 Å². The fraction of sp³-hybridized carbons (Fsp3) is 0.580. The van der Waals surface area contributed by atoms with E-state index in [1.807, 2.05) is 0 Å². The van der Waals surface area contributed by atoms with Crippen molar-refractivity contribution in [1.29, 1.82) is 0 Å². The van der Waals surface area contributed by atoms with Gasteiger partial charge in [0.15, 0.2) is 37.6 Å². The molecule has 7 amide bonds. The summed E-state index contributed by atoms with van der Waals surface area (Å²) in [6.07, 6.45) is -23.9. The van der Waals surface area contributed by atoms with Gasteiger partial charge in [0.25, 0.3) is 5.91 Å². The van der Waals surface area contributed by atoms with E-state index in [1.165, 1.54) is 50.4 Å². The van der Waals surface area contributed by atoms with E-state index in [0.29, 0.717) is 22.0 Å². The van der Waals surface area contributed by atoms with Gasteiger partial charge in [0.2, 0.25) is 29.5 Å². The number of imidazole rings is 1. The number of H-pyrrole nitrogens is 1. The summed E-state index contributed by atoms with van der Waals surface area (Å²) in [5.74, 6) is -8.22. The van der Waals surface area contributed by atoms with Gasteiger partial charge in [0.1, 0.15) is 82.4 Å². The van der Waals surface area contributed by atoms with Crippen LogP contribution in [0.4, 0.5) is 10.6 Å². The van der Waals surface area contributed by atoms with Crippen molar-refractivity contribution >= 4 is 88.7 Å². The van der Waals surface area contributed by atoms with Crippen LogP contribution >= 0.6 is 35.1 Å². The molecule has 22 N–H and O–H groups in total. The predicted molar refractivity (Wildman–Crippen MR) is 310 cm³/mol. The summed E-state index contributed by atoms with van der Waals surface area (Å²) in [6.45, 7) is 4.73. The summed E-state index contributed by atoms with van der Waals surface area (Å²) >= 11 is 2.51. The number of hydrogen-bond acceptors (Lipinski definition) is 31. The molecule has 0 saturated carbocycles. The van der Waals surface area contributed by atoms with Crippen LogP contribution in [0.5, 0.6) is 0 Å². The van der Waals surface area contributed by atoms with Crippen molar-refractivity contribution in [2.24, 2.45) is 28.9 Å². The molecule has 4 aromatic heterocycles. The number of rotatable bonds is 31. The van der Waals surface area contributed by atoms with E-state index >= 15 is 4.79 Å². The molecule has 40 heteroatoms. The quantitative estimate of drug-likeness (QED) is 0.0208. The van der Waals surface area contributed by atoms with E-state index in [0.717, 1.165) is 26.7 Å². The van der Waals surface area contributed by atoms with Gasteiger partial charge in [0, 0.05) is 56.5 Å².